The van der Waals surface area contributed by atoms with Crippen molar-refractivity contribution in [2.24, 2.45) is 5.41 Å². The summed E-state index contributed by atoms with van der Waals surface area (Å²) in [5, 5.41) is 2.76. The second-order valence-corrected chi connectivity index (χ2v) is 13.8. The Hall–Kier alpha value is -4.59. The molecule has 0 aliphatic heterocycles. The van der Waals surface area contributed by atoms with Gasteiger partial charge in [-0.25, -0.2) is 4.98 Å². The molecule has 0 aromatic carbocycles. The number of hydrogen-bond acceptors (Lipinski definition) is 9. The summed E-state index contributed by atoms with van der Waals surface area (Å²) < 4.78 is 53.3. The lowest BCUT2D eigenvalue weighted by atomic mass is 9.74. The first-order chi connectivity index (χ1) is 24.5. The maximum absolute atomic E-state index is 14.2. The van der Waals surface area contributed by atoms with Gasteiger partial charge >= 0.3 is 12.1 Å². The maximum Gasteiger partial charge on any atom is 0.418 e. The van der Waals surface area contributed by atoms with Crippen LogP contribution in [0.3, 0.4) is 0 Å². The number of carbonyl (C=O) groups is 2. The minimum Gasteiger partial charge on any atom is -0.466 e. The highest BCUT2D eigenvalue weighted by Crippen LogP contribution is 2.46. The zero-order valence-corrected chi connectivity index (χ0v) is 29.2. The van der Waals surface area contributed by atoms with Gasteiger partial charge in [-0.2, -0.15) is 18.2 Å². The van der Waals surface area contributed by atoms with Gasteiger partial charge in [-0.3, -0.25) is 24.9 Å². The van der Waals surface area contributed by atoms with Gasteiger partial charge in [0.1, 0.15) is 11.2 Å². The molecule has 4 aromatic heterocycles. The standard InChI is InChI=1S/C37H44F3N7O4/c1-4-51-30(48)10-8-9-23-11-14-27(41-19-23)34(49)46-35-44-32-29(47(2)21-36(22-50-3)15-6-5-7-16-36)18-28(43-33(32)45-35)25-17-26(37(38,39)40)31(42-20-25)24-12-13-24/h11,14,17-20,24H,4-10,12-13,15-16,21-22H2,1-3H3,(H2,43,44,45,46,49). The van der Waals surface area contributed by atoms with Gasteiger partial charge < -0.3 is 19.4 Å². The smallest absolute Gasteiger partial charge is 0.418 e. The number of aromatic amines is 1. The van der Waals surface area contributed by atoms with Crippen molar-refractivity contribution in [3.05, 3.63) is 59.2 Å². The molecule has 2 N–H and O–H groups in total. The molecule has 0 unspecified atom stereocenters. The van der Waals surface area contributed by atoms with Gasteiger partial charge in [0, 0.05) is 56.4 Å². The first-order valence-corrected chi connectivity index (χ1v) is 17.6. The minimum absolute atomic E-state index is 0.0755. The molecule has 0 radical (unpaired) electrons. The number of amides is 1. The van der Waals surface area contributed by atoms with E-state index >= 15 is 0 Å². The summed E-state index contributed by atoms with van der Waals surface area (Å²) in [5.74, 6) is -0.809. The summed E-state index contributed by atoms with van der Waals surface area (Å²) >= 11 is 0. The number of nitrogens with zero attached hydrogens (tertiary/aromatic N) is 5. The molecular formula is C37H44F3N7O4. The number of halogens is 3. The Bertz CT molecular complexity index is 1850. The highest BCUT2D eigenvalue weighted by molar-refractivity contribution is 6.03. The number of fused-ring (bicyclic) bond motifs is 1. The number of methoxy groups -OCH3 is 1. The van der Waals surface area contributed by atoms with Gasteiger partial charge in [0.25, 0.3) is 5.91 Å². The van der Waals surface area contributed by atoms with Crippen molar-refractivity contribution in [1.29, 1.82) is 0 Å². The topological polar surface area (TPSA) is 135 Å². The first-order valence-electron chi connectivity index (χ1n) is 17.6. The fraction of sp³-hybridized carbons (Fsp3) is 0.514. The summed E-state index contributed by atoms with van der Waals surface area (Å²) in [7, 11) is 3.64. The zero-order valence-electron chi connectivity index (χ0n) is 29.2. The van der Waals surface area contributed by atoms with Gasteiger partial charge in [-0.15, -0.1) is 0 Å². The molecule has 0 saturated heterocycles. The normalized spacial score (nSPS) is 15.9. The molecule has 0 bridgehead atoms. The number of esters is 1. The molecule has 6 rings (SSSR count). The second-order valence-electron chi connectivity index (χ2n) is 13.8. The Kier molecular flexibility index (Phi) is 10.9. The van der Waals surface area contributed by atoms with Crippen LogP contribution in [-0.2, 0) is 26.9 Å². The van der Waals surface area contributed by atoms with Crippen LogP contribution in [-0.4, -0.2) is 70.7 Å². The molecule has 2 aliphatic rings. The molecule has 2 saturated carbocycles. The van der Waals surface area contributed by atoms with Crippen molar-refractivity contribution in [3.8, 4) is 11.3 Å². The molecule has 272 valence electrons. The number of aromatic nitrogens is 5. The Morgan fingerprint density at radius 1 is 1.08 bits per heavy atom. The van der Waals surface area contributed by atoms with Crippen LogP contribution in [0.2, 0.25) is 0 Å². The summed E-state index contributed by atoms with van der Waals surface area (Å²) in [6, 6.07) is 6.27. The Balaban J connectivity index is 1.30. The Morgan fingerprint density at radius 2 is 1.86 bits per heavy atom. The molecule has 11 nitrogen and oxygen atoms in total. The molecule has 4 heterocycles. The number of hydrogen-bond donors (Lipinski definition) is 2. The number of pyridine rings is 3. The van der Waals surface area contributed by atoms with Crippen molar-refractivity contribution in [3.63, 3.8) is 0 Å². The van der Waals surface area contributed by atoms with Crippen molar-refractivity contribution in [2.75, 3.05) is 44.1 Å². The first kappa shape index (κ1) is 36.2. The number of nitrogens with one attached hydrogen (secondary N) is 2. The van der Waals surface area contributed by atoms with E-state index in [2.05, 4.69) is 35.1 Å². The molecule has 51 heavy (non-hydrogen) atoms. The van der Waals surface area contributed by atoms with Crippen molar-refractivity contribution >= 4 is 34.7 Å². The van der Waals surface area contributed by atoms with E-state index in [4.69, 9.17) is 9.47 Å². The number of alkyl halides is 3. The summed E-state index contributed by atoms with van der Waals surface area (Å²) in [6.45, 7) is 3.33. The number of ether oxygens (including phenoxy) is 2. The summed E-state index contributed by atoms with van der Waals surface area (Å²) in [5.41, 5.74) is 2.24. The number of H-pyrrole nitrogens is 1. The van der Waals surface area contributed by atoms with E-state index in [-0.39, 0.29) is 45.8 Å². The number of rotatable bonds is 14. The van der Waals surface area contributed by atoms with E-state index in [0.717, 1.165) is 37.3 Å². The molecule has 2 fully saturated rings. The monoisotopic (exact) mass is 707 g/mol. The number of anilines is 2. The molecule has 0 spiro atoms. The average molecular weight is 708 g/mol. The van der Waals surface area contributed by atoms with Crippen LogP contribution in [0.4, 0.5) is 24.8 Å². The Labute approximate surface area is 294 Å². The SMILES string of the molecule is CCOC(=O)CCCc1ccc(C(=O)Nc2nc3nc(-c4cnc(C5CC5)c(C(F)(F)F)c4)cc(N(C)CC4(COC)CCCCC4)c3[nH]2)nc1. The number of carbonyl (C=O) groups excluding carboxylic acids is 2. The van der Waals surface area contributed by atoms with E-state index in [9.17, 15) is 22.8 Å². The third kappa shape index (κ3) is 8.66. The lowest BCUT2D eigenvalue weighted by molar-refractivity contribution is -0.143. The second kappa shape index (κ2) is 15.3. The third-order valence-corrected chi connectivity index (χ3v) is 9.71. The zero-order chi connectivity index (χ0) is 36.2. The Morgan fingerprint density at radius 3 is 2.53 bits per heavy atom. The van der Waals surface area contributed by atoms with Crippen LogP contribution < -0.4 is 10.2 Å². The van der Waals surface area contributed by atoms with Crippen LogP contribution in [0.15, 0.2) is 36.7 Å². The average Bonchev–Trinajstić information content (AvgIpc) is 3.87. The number of imidazole rings is 1. The summed E-state index contributed by atoms with van der Waals surface area (Å²) in [4.78, 5) is 47.9. The van der Waals surface area contributed by atoms with E-state index in [1.807, 2.05) is 7.05 Å². The molecule has 14 heteroatoms. The molecular weight excluding hydrogens is 663 g/mol. The predicted octanol–water partition coefficient (Wildman–Crippen LogP) is 7.48. The fourth-order valence-corrected chi connectivity index (χ4v) is 7.10. The predicted molar refractivity (Wildman–Crippen MR) is 187 cm³/mol. The van der Waals surface area contributed by atoms with E-state index < -0.39 is 17.6 Å². The highest BCUT2D eigenvalue weighted by Gasteiger charge is 2.40. The van der Waals surface area contributed by atoms with Crippen molar-refractivity contribution in [2.45, 2.75) is 83.2 Å². The molecule has 0 atom stereocenters. The van der Waals surface area contributed by atoms with Crippen LogP contribution in [0.1, 0.15) is 97.9 Å². The lowest BCUT2D eigenvalue weighted by Gasteiger charge is -2.40. The van der Waals surface area contributed by atoms with Gasteiger partial charge in [0.05, 0.1) is 35.9 Å². The van der Waals surface area contributed by atoms with Crippen LogP contribution in [0.5, 0.6) is 0 Å². The van der Waals surface area contributed by atoms with Crippen molar-refractivity contribution in [1.82, 2.24) is 24.9 Å². The van der Waals surface area contributed by atoms with Crippen LogP contribution in [0, 0.1) is 5.41 Å². The third-order valence-electron chi connectivity index (χ3n) is 9.71. The van der Waals surface area contributed by atoms with E-state index in [1.54, 1.807) is 38.4 Å². The largest absolute Gasteiger partial charge is 0.466 e. The highest BCUT2D eigenvalue weighted by atomic mass is 19.4. The fourth-order valence-electron chi connectivity index (χ4n) is 7.10. The molecule has 1 amide bonds. The van der Waals surface area contributed by atoms with Crippen LogP contribution >= 0.6 is 0 Å². The molecule has 2 aliphatic carbocycles. The maximum atomic E-state index is 14.2. The van der Waals surface area contributed by atoms with Crippen molar-refractivity contribution < 1.29 is 32.2 Å². The van der Waals surface area contributed by atoms with E-state index in [0.29, 0.717) is 68.8 Å². The quantitative estimate of drug-likeness (QED) is 0.128. The van der Waals surface area contributed by atoms with Gasteiger partial charge in [0.15, 0.2) is 5.65 Å². The summed E-state index contributed by atoms with van der Waals surface area (Å²) in [6.07, 6.45) is 6.72. The number of aryl methyl sites for hydroxylation is 1. The van der Waals surface area contributed by atoms with Gasteiger partial charge in [-0.05, 0) is 69.2 Å². The molecule has 4 aromatic rings. The van der Waals surface area contributed by atoms with E-state index in [1.165, 1.54) is 12.6 Å². The van der Waals surface area contributed by atoms with Gasteiger partial charge in [-0.1, -0.05) is 25.3 Å². The van der Waals surface area contributed by atoms with Crippen LogP contribution in [0.25, 0.3) is 22.4 Å². The lowest BCUT2D eigenvalue weighted by Crippen LogP contribution is -2.40. The van der Waals surface area contributed by atoms with Gasteiger partial charge in [0.2, 0.25) is 5.95 Å². The minimum atomic E-state index is -4.56.